The van der Waals surface area contributed by atoms with E-state index in [9.17, 15) is 18.0 Å². The summed E-state index contributed by atoms with van der Waals surface area (Å²) in [4.78, 5) is 14.2. The van der Waals surface area contributed by atoms with Gasteiger partial charge in [0.25, 0.3) is 0 Å². The van der Waals surface area contributed by atoms with Crippen LogP contribution < -0.4 is 5.73 Å². The summed E-state index contributed by atoms with van der Waals surface area (Å²) < 4.78 is 37.9. The molecule has 2 N–H and O–H groups in total. The highest BCUT2D eigenvalue weighted by atomic mass is 19.4. The minimum atomic E-state index is -4.10. The Labute approximate surface area is 124 Å². The van der Waals surface area contributed by atoms with Crippen LogP contribution in [0, 0.1) is 17.8 Å². The molecule has 1 heterocycles. The summed E-state index contributed by atoms with van der Waals surface area (Å²) in [6.07, 6.45) is -0.195. The van der Waals surface area contributed by atoms with Crippen molar-refractivity contribution in [3.63, 3.8) is 0 Å². The summed E-state index contributed by atoms with van der Waals surface area (Å²) in [5.41, 5.74) is 5.55. The smallest absolute Gasteiger partial charge is 0.342 e. The molecule has 0 atom stereocenters. The van der Waals surface area contributed by atoms with Crippen LogP contribution in [0.5, 0.6) is 0 Å². The molecule has 2 rings (SSSR count). The molecule has 1 aliphatic heterocycles. The predicted octanol–water partition coefficient (Wildman–Crippen LogP) is 2.94. The molecular weight excluding hydrogens is 281 g/mol. The van der Waals surface area contributed by atoms with Gasteiger partial charge in [0.05, 0.1) is 5.92 Å². The van der Waals surface area contributed by atoms with Crippen LogP contribution in [0.15, 0.2) is 0 Å². The van der Waals surface area contributed by atoms with Crippen molar-refractivity contribution in [2.45, 2.75) is 51.1 Å². The summed E-state index contributed by atoms with van der Waals surface area (Å²) in [6.45, 7) is 2.16. The van der Waals surface area contributed by atoms with E-state index in [1.807, 2.05) is 4.90 Å². The highest BCUT2D eigenvalue weighted by Gasteiger charge is 2.43. The number of nitrogens with zero attached hydrogens (tertiary/aromatic N) is 1. The molecule has 21 heavy (non-hydrogen) atoms. The second-order valence-electron chi connectivity index (χ2n) is 6.44. The van der Waals surface area contributed by atoms with Crippen molar-refractivity contribution in [3.05, 3.63) is 0 Å². The molecule has 6 heteroatoms. The molecule has 3 nitrogen and oxygen atoms in total. The topological polar surface area (TPSA) is 46.3 Å². The lowest BCUT2D eigenvalue weighted by molar-refractivity contribution is -0.185. The molecule has 2 aliphatic rings. The molecule has 1 amide bonds. The van der Waals surface area contributed by atoms with Gasteiger partial charge in [-0.15, -0.1) is 0 Å². The molecule has 0 unspecified atom stereocenters. The predicted molar refractivity (Wildman–Crippen MR) is 74.5 cm³/mol. The fourth-order valence-corrected chi connectivity index (χ4v) is 3.60. The van der Waals surface area contributed by atoms with E-state index >= 15 is 0 Å². The number of likely N-dealkylation sites (tertiary alicyclic amines) is 1. The molecular formula is C15H25F3N2O. The minimum Gasteiger partial charge on any atom is -0.342 e. The van der Waals surface area contributed by atoms with E-state index in [2.05, 4.69) is 0 Å². The van der Waals surface area contributed by atoms with Gasteiger partial charge in [0.15, 0.2) is 0 Å². The lowest BCUT2D eigenvalue weighted by Gasteiger charge is -2.36. The number of amides is 1. The Bertz CT molecular complexity index is 343. The quantitative estimate of drug-likeness (QED) is 0.871. The number of halogens is 3. The number of hydrogen-bond donors (Lipinski definition) is 1. The van der Waals surface area contributed by atoms with Gasteiger partial charge in [-0.1, -0.05) is 0 Å². The van der Waals surface area contributed by atoms with Gasteiger partial charge in [-0.25, -0.2) is 0 Å². The molecule has 0 aromatic carbocycles. The summed E-state index contributed by atoms with van der Waals surface area (Å²) in [7, 11) is 0. The Morgan fingerprint density at radius 2 is 1.62 bits per heavy atom. The molecule has 0 bridgehead atoms. The van der Waals surface area contributed by atoms with Crippen LogP contribution in [0.25, 0.3) is 0 Å². The van der Waals surface area contributed by atoms with Gasteiger partial charge in [0.1, 0.15) is 0 Å². The second-order valence-corrected chi connectivity index (χ2v) is 6.44. The van der Waals surface area contributed by atoms with Crippen LogP contribution in [0.1, 0.15) is 44.9 Å². The lowest BCUT2D eigenvalue weighted by atomic mass is 9.80. The largest absolute Gasteiger partial charge is 0.391 e. The highest BCUT2D eigenvalue weighted by molar-refractivity contribution is 5.79. The first-order valence-corrected chi connectivity index (χ1v) is 7.97. The molecule has 1 saturated heterocycles. The Kier molecular flexibility index (Phi) is 5.52. The summed E-state index contributed by atoms with van der Waals surface area (Å²) in [5.74, 6) is -0.742. The van der Waals surface area contributed by atoms with Crippen LogP contribution in [0.4, 0.5) is 13.2 Å². The standard InChI is InChI=1S/C15H25F3N2O/c16-15(17,18)13-3-1-12(2-4-13)14(21)20-9-6-11(5-8-19)7-10-20/h11-13H,1-10,19H2. The van der Waals surface area contributed by atoms with Gasteiger partial charge in [-0.05, 0) is 57.4 Å². The first-order chi connectivity index (χ1) is 9.91. The SMILES string of the molecule is NCCC1CCN(C(=O)C2CCC(C(F)(F)F)CC2)CC1. The van der Waals surface area contributed by atoms with Gasteiger partial charge < -0.3 is 10.6 Å². The van der Waals surface area contributed by atoms with E-state index in [1.54, 1.807) is 0 Å². The Morgan fingerprint density at radius 1 is 1.05 bits per heavy atom. The van der Waals surface area contributed by atoms with E-state index in [0.717, 1.165) is 32.4 Å². The van der Waals surface area contributed by atoms with Crippen LogP contribution >= 0.6 is 0 Å². The molecule has 0 radical (unpaired) electrons. The molecule has 2 fully saturated rings. The molecule has 0 aromatic rings. The molecule has 0 aromatic heterocycles. The number of rotatable bonds is 3. The summed E-state index contributed by atoms with van der Waals surface area (Å²) >= 11 is 0. The van der Waals surface area contributed by atoms with Crippen molar-refractivity contribution >= 4 is 5.91 Å². The lowest BCUT2D eigenvalue weighted by Crippen LogP contribution is -2.43. The van der Waals surface area contributed by atoms with Crippen LogP contribution in [-0.4, -0.2) is 36.6 Å². The van der Waals surface area contributed by atoms with Crippen LogP contribution in [0.3, 0.4) is 0 Å². The van der Waals surface area contributed by atoms with Crippen LogP contribution in [0.2, 0.25) is 0 Å². The molecule has 122 valence electrons. The zero-order chi connectivity index (χ0) is 15.5. The zero-order valence-corrected chi connectivity index (χ0v) is 12.4. The Morgan fingerprint density at radius 3 is 2.10 bits per heavy atom. The Hall–Kier alpha value is -0.780. The van der Waals surface area contributed by atoms with Gasteiger partial charge in [-0.2, -0.15) is 13.2 Å². The van der Waals surface area contributed by atoms with E-state index in [1.165, 1.54) is 0 Å². The van der Waals surface area contributed by atoms with Crippen molar-refractivity contribution in [2.75, 3.05) is 19.6 Å². The van der Waals surface area contributed by atoms with E-state index in [0.29, 0.717) is 25.3 Å². The third-order valence-electron chi connectivity index (χ3n) is 5.04. The first-order valence-electron chi connectivity index (χ1n) is 7.97. The van der Waals surface area contributed by atoms with Crippen LogP contribution in [-0.2, 0) is 4.79 Å². The van der Waals surface area contributed by atoms with Crippen molar-refractivity contribution in [2.24, 2.45) is 23.5 Å². The molecule has 1 saturated carbocycles. The maximum atomic E-state index is 12.6. The van der Waals surface area contributed by atoms with E-state index < -0.39 is 12.1 Å². The summed E-state index contributed by atoms with van der Waals surface area (Å²) in [6, 6.07) is 0. The normalized spacial score (nSPS) is 28.7. The number of alkyl halides is 3. The Balaban J connectivity index is 1.78. The fraction of sp³-hybridized carbons (Fsp3) is 0.933. The first kappa shape index (κ1) is 16.6. The maximum Gasteiger partial charge on any atom is 0.391 e. The van der Waals surface area contributed by atoms with Crippen molar-refractivity contribution in [3.8, 4) is 0 Å². The van der Waals surface area contributed by atoms with Gasteiger partial charge in [0, 0.05) is 19.0 Å². The zero-order valence-electron chi connectivity index (χ0n) is 12.4. The number of piperidine rings is 1. The molecule has 0 spiro atoms. The van der Waals surface area contributed by atoms with E-state index in [4.69, 9.17) is 5.73 Å². The van der Waals surface area contributed by atoms with E-state index in [-0.39, 0.29) is 24.7 Å². The molecule has 1 aliphatic carbocycles. The highest BCUT2D eigenvalue weighted by Crippen LogP contribution is 2.40. The average Bonchev–Trinajstić information content (AvgIpc) is 2.47. The number of nitrogens with two attached hydrogens (primary N) is 1. The van der Waals surface area contributed by atoms with Crippen molar-refractivity contribution in [1.82, 2.24) is 4.90 Å². The maximum absolute atomic E-state index is 12.6. The number of carbonyl (C=O) groups excluding carboxylic acids is 1. The van der Waals surface area contributed by atoms with Gasteiger partial charge in [-0.3, -0.25) is 4.79 Å². The number of hydrogen-bond acceptors (Lipinski definition) is 2. The number of carbonyl (C=O) groups is 1. The van der Waals surface area contributed by atoms with Gasteiger partial charge >= 0.3 is 6.18 Å². The monoisotopic (exact) mass is 306 g/mol. The third kappa shape index (κ3) is 4.34. The minimum absolute atomic E-state index is 0.0711. The third-order valence-corrected chi connectivity index (χ3v) is 5.04. The average molecular weight is 306 g/mol. The van der Waals surface area contributed by atoms with Crippen molar-refractivity contribution in [1.29, 1.82) is 0 Å². The van der Waals surface area contributed by atoms with Gasteiger partial charge in [0.2, 0.25) is 5.91 Å². The summed E-state index contributed by atoms with van der Waals surface area (Å²) in [5, 5.41) is 0. The van der Waals surface area contributed by atoms with Crippen molar-refractivity contribution < 1.29 is 18.0 Å². The second kappa shape index (κ2) is 6.99. The fourth-order valence-electron chi connectivity index (χ4n) is 3.60.